The van der Waals surface area contributed by atoms with Gasteiger partial charge in [-0.25, -0.2) is 4.99 Å². The maximum absolute atomic E-state index is 5.21. The molecule has 212 valence electrons. The van der Waals surface area contributed by atoms with Gasteiger partial charge in [0.25, 0.3) is 0 Å². The van der Waals surface area contributed by atoms with Crippen molar-refractivity contribution >= 4 is 48.6 Å². The number of hydrogen-bond acceptors (Lipinski definition) is 3. The molecule has 1 unspecified atom stereocenters. The van der Waals surface area contributed by atoms with Crippen LogP contribution in [0.5, 0.6) is 0 Å². The number of hydrogen-bond donors (Lipinski definition) is 0. The fraction of sp³-hybridized carbons (Fsp3) is 0.122. The van der Waals surface area contributed by atoms with E-state index in [2.05, 4.69) is 140 Å². The van der Waals surface area contributed by atoms with Crippen molar-refractivity contribution in [3.8, 4) is 11.1 Å². The van der Waals surface area contributed by atoms with E-state index in [1.54, 1.807) is 0 Å². The Labute approximate surface area is 262 Å². The van der Waals surface area contributed by atoms with Crippen molar-refractivity contribution in [2.75, 3.05) is 0 Å². The Hall–Kier alpha value is -4.86. The molecule has 8 rings (SSSR count). The van der Waals surface area contributed by atoms with Crippen molar-refractivity contribution < 1.29 is 0 Å². The average molecular weight is 585 g/mol. The first-order valence-electron chi connectivity index (χ1n) is 15.4. The van der Waals surface area contributed by atoms with Crippen LogP contribution in [-0.4, -0.2) is 11.5 Å². The zero-order chi connectivity index (χ0) is 29.5. The van der Waals surface area contributed by atoms with Gasteiger partial charge in [0.05, 0.1) is 11.8 Å². The molecule has 0 saturated heterocycles. The van der Waals surface area contributed by atoms with Gasteiger partial charge in [-0.2, -0.15) is 0 Å². The average Bonchev–Trinajstić information content (AvgIpc) is 3.47. The summed E-state index contributed by atoms with van der Waals surface area (Å²) < 4.78 is 2.69. The Morgan fingerprint density at radius 1 is 0.682 bits per heavy atom. The van der Waals surface area contributed by atoms with Crippen molar-refractivity contribution in [2.45, 2.75) is 32.2 Å². The van der Waals surface area contributed by atoms with Crippen molar-refractivity contribution in [1.29, 1.82) is 0 Å². The van der Waals surface area contributed by atoms with Gasteiger partial charge in [-0.3, -0.25) is 4.99 Å². The number of aryl methyl sites for hydroxylation is 1. The van der Waals surface area contributed by atoms with Crippen LogP contribution in [0.25, 0.3) is 36.9 Å². The molecular formula is C41H32N2S. The van der Waals surface area contributed by atoms with Crippen LogP contribution in [0.15, 0.2) is 149 Å². The molecule has 0 N–H and O–H groups in total. The van der Waals surface area contributed by atoms with E-state index in [-0.39, 0.29) is 6.04 Å². The van der Waals surface area contributed by atoms with Gasteiger partial charge in [-0.1, -0.05) is 109 Å². The van der Waals surface area contributed by atoms with Crippen molar-refractivity contribution in [2.24, 2.45) is 9.98 Å². The molecule has 0 bridgehead atoms. The molecular weight excluding hydrogens is 553 g/mol. The molecule has 1 aliphatic carbocycles. The van der Waals surface area contributed by atoms with Crippen molar-refractivity contribution in [1.82, 2.24) is 0 Å². The van der Waals surface area contributed by atoms with Crippen LogP contribution in [0.2, 0.25) is 0 Å². The maximum Gasteiger partial charge on any atom is 0.155 e. The maximum atomic E-state index is 5.21. The number of nitrogens with zero attached hydrogens (tertiary/aromatic N) is 2. The summed E-state index contributed by atoms with van der Waals surface area (Å²) in [5, 5.41) is 2.68. The smallest absolute Gasteiger partial charge is 0.155 e. The van der Waals surface area contributed by atoms with Gasteiger partial charge >= 0.3 is 0 Å². The SMILES string of the molecule is Cc1cc(-c2ccc3sc4ccccc4c3c2)ccc1C1=CC(C2=NC(c3ccccc3)CC(c3ccccc3)=N2)=CCC1. The predicted molar refractivity (Wildman–Crippen MR) is 189 cm³/mol. The lowest BCUT2D eigenvalue weighted by Gasteiger charge is -2.23. The summed E-state index contributed by atoms with van der Waals surface area (Å²) >= 11 is 1.87. The fourth-order valence-electron chi connectivity index (χ4n) is 6.58. The lowest BCUT2D eigenvalue weighted by Crippen LogP contribution is -2.18. The summed E-state index contributed by atoms with van der Waals surface area (Å²) in [6.07, 6.45) is 7.44. The summed E-state index contributed by atoms with van der Waals surface area (Å²) in [4.78, 5) is 10.4. The minimum atomic E-state index is 0.0530. The third-order valence-corrected chi connectivity index (χ3v) is 10.00. The van der Waals surface area contributed by atoms with Crippen LogP contribution in [0, 0.1) is 6.92 Å². The minimum absolute atomic E-state index is 0.0530. The first-order valence-corrected chi connectivity index (χ1v) is 16.2. The minimum Gasteiger partial charge on any atom is -0.258 e. The van der Waals surface area contributed by atoms with Crippen LogP contribution in [0.3, 0.4) is 0 Å². The van der Waals surface area contributed by atoms with Gasteiger partial charge in [0.1, 0.15) is 0 Å². The Balaban J connectivity index is 1.13. The third-order valence-electron chi connectivity index (χ3n) is 8.85. The zero-order valence-electron chi connectivity index (χ0n) is 24.7. The number of fused-ring (bicyclic) bond motifs is 3. The van der Waals surface area contributed by atoms with E-state index in [0.29, 0.717) is 0 Å². The summed E-state index contributed by atoms with van der Waals surface area (Å²) in [6, 6.07) is 43.8. The number of thiophene rings is 1. The van der Waals surface area contributed by atoms with Gasteiger partial charge < -0.3 is 0 Å². The molecule has 2 heterocycles. The number of amidine groups is 1. The third kappa shape index (κ3) is 5.04. The standard InChI is InChI=1S/C41H32N2S/c1-27-23-30(31-20-22-40-36(25-31)35-17-8-9-18-39(35)44-40)19-21-34(27)32-15-10-16-33(24-32)41-42-37(28-11-4-2-5-12-28)26-38(43-41)29-13-6-3-7-14-29/h2-9,11-14,16-25,37H,10,15,26H2,1H3. The normalized spacial score (nSPS) is 16.8. The number of aliphatic imine (C=N–C) groups is 2. The molecule has 5 aromatic carbocycles. The lowest BCUT2D eigenvalue weighted by atomic mass is 9.88. The Morgan fingerprint density at radius 3 is 2.25 bits per heavy atom. The summed E-state index contributed by atoms with van der Waals surface area (Å²) in [6.45, 7) is 2.24. The highest BCUT2D eigenvalue weighted by atomic mass is 32.1. The fourth-order valence-corrected chi connectivity index (χ4v) is 7.66. The molecule has 2 nitrogen and oxygen atoms in total. The van der Waals surface area contributed by atoms with Crippen LogP contribution in [0.1, 0.15) is 47.6 Å². The molecule has 2 aliphatic rings. The molecule has 0 radical (unpaired) electrons. The van der Waals surface area contributed by atoms with E-state index in [1.165, 1.54) is 59.1 Å². The van der Waals surface area contributed by atoms with E-state index in [1.807, 2.05) is 11.3 Å². The number of rotatable bonds is 5. The second kappa shape index (κ2) is 11.3. The largest absolute Gasteiger partial charge is 0.258 e. The lowest BCUT2D eigenvalue weighted by molar-refractivity contribution is 0.753. The number of benzene rings is 5. The number of allylic oxidation sites excluding steroid dienone is 2. The molecule has 1 aliphatic heterocycles. The van der Waals surface area contributed by atoms with Crippen LogP contribution in [0.4, 0.5) is 0 Å². The van der Waals surface area contributed by atoms with Crippen LogP contribution in [-0.2, 0) is 0 Å². The van der Waals surface area contributed by atoms with Crippen LogP contribution < -0.4 is 0 Å². The Kier molecular flexibility index (Phi) is 6.89. The van der Waals surface area contributed by atoms with Gasteiger partial charge in [0.2, 0.25) is 0 Å². The van der Waals surface area contributed by atoms with E-state index in [4.69, 9.17) is 9.98 Å². The molecule has 1 atom stereocenters. The van der Waals surface area contributed by atoms with Gasteiger partial charge in [-0.05, 0) is 83.0 Å². The molecule has 0 fully saturated rings. The second-order valence-electron chi connectivity index (χ2n) is 11.7. The quantitative estimate of drug-likeness (QED) is 0.193. The molecule has 0 amide bonds. The van der Waals surface area contributed by atoms with E-state index < -0.39 is 0 Å². The Morgan fingerprint density at radius 2 is 1.41 bits per heavy atom. The molecule has 0 spiro atoms. The van der Waals surface area contributed by atoms with Gasteiger partial charge in [0, 0.05) is 32.2 Å². The molecule has 1 aromatic heterocycles. The van der Waals surface area contributed by atoms with Crippen LogP contribution >= 0.6 is 11.3 Å². The second-order valence-corrected chi connectivity index (χ2v) is 12.8. The molecule has 6 aromatic rings. The topological polar surface area (TPSA) is 24.7 Å². The summed E-state index contributed by atoms with van der Waals surface area (Å²) in [5.41, 5.74) is 11.1. The first-order chi connectivity index (χ1) is 21.7. The highest BCUT2D eigenvalue weighted by molar-refractivity contribution is 7.25. The van der Waals surface area contributed by atoms with Gasteiger partial charge in [0.15, 0.2) is 5.84 Å². The van der Waals surface area contributed by atoms with E-state index >= 15 is 0 Å². The predicted octanol–water partition coefficient (Wildman–Crippen LogP) is 11.2. The van der Waals surface area contributed by atoms with Crippen molar-refractivity contribution in [3.63, 3.8) is 0 Å². The Bertz CT molecular complexity index is 2150. The highest BCUT2D eigenvalue weighted by Crippen LogP contribution is 2.38. The summed E-state index contributed by atoms with van der Waals surface area (Å²) in [7, 11) is 0. The van der Waals surface area contributed by atoms with Crippen molar-refractivity contribution in [3.05, 3.63) is 161 Å². The first kappa shape index (κ1) is 26.7. The zero-order valence-corrected chi connectivity index (χ0v) is 25.5. The monoisotopic (exact) mass is 584 g/mol. The molecule has 3 heteroatoms. The van der Waals surface area contributed by atoms with E-state index in [0.717, 1.165) is 36.4 Å². The van der Waals surface area contributed by atoms with E-state index in [9.17, 15) is 0 Å². The van der Waals surface area contributed by atoms with Gasteiger partial charge in [-0.15, -0.1) is 11.3 Å². The highest BCUT2D eigenvalue weighted by Gasteiger charge is 2.23. The summed E-state index contributed by atoms with van der Waals surface area (Å²) in [5.74, 6) is 0.840. The molecule has 44 heavy (non-hydrogen) atoms. The molecule has 0 saturated carbocycles.